The molecule has 0 fully saturated rings. The molecular formula is C21H23ClN6O3. The molecule has 0 aliphatic heterocycles. The van der Waals surface area contributed by atoms with E-state index in [4.69, 9.17) is 21.6 Å². The van der Waals surface area contributed by atoms with Crippen LogP contribution >= 0.6 is 11.6 Å². The van der Waals surface area contributed by atoms with Crippen LogP contribution in [-0.2, 0) is 9.53 Å². The Morgan fingerprint density at radius 2 is 2.00 bits per heavy atom. The number of anilines is 1. The molecule has 0 spiro atoms. The molecule has 1 aromatic heterocycles. The van der Waals surface area contributed by atoms with Gasteiger partial charge in [-0.05, 0) is 36.4 Å². The van der Waals surface area contributed by atoms with Crippen LogP contribution < -0.4 is 16.0 Å². The van der Waals surface area contributed by atoms with Gasteiger partial charge in [-0.3, -0.25) is 19.9 Å². The maximum Gasteiger partial charge on any atom is 0.306 e. The van der Waals surface area contributed by atoms with E-state index in [1.165, 1.54) is 7.11 Å². The van der Waals surface area contributed by atoms with E-state index in [-0.39, 0.29) is 12.4 Å². The van der Waals surface area contributed by atoms with Gasteiger partial charge in [-0.25, -0.2) is 4.99 Å². The van der Waals surface area contributed by atoms with E-state index in [1.807, 2.05) is 0 Å². The fraction of sp³-hybridized carbons (Fsp3) is 0.286. The van der Waals surface area contributed by atoms with Crippen LogP contribution in [0.1, 0.15) is 30.6 Å². The molecule has 0 aliphatic rings. The SMILES string of the molecule is COC(=O)CC(C)(C)C(N=C(NC#N)Nc1cccnc1)NC(=O)c1ccc(Cl)cc1. The number of aliphatic imine (C=N–C) groups is 1. The monoisotopic (exact) mass is 442 g/mol. The molecule has 1 amide bonds. The van der Waals surface area contributed by atoms with Crippen molar-refractivity contribution >= 4 is 35.1 Å². The van der Waals surface area contributed by atoms with Crippen molar-refractivity contribution in [3.8, 4) is 6.19 Å². The smallest absolute Gasteiger partial charge is 0.306 e. The van der Waals surface area contributed by atoms with Crippen molar-refractivity contribution in [3.63, 3.8) is 0 Å². The fourth-order valence-electron chi connectivity index (χ4n) is 2.60. The second-order valence-corrected chi connectivity index (χ2v) is 7.64. The quantitative estimate of drug-likeness (QED) is 0.198. The van der Waals surface area contributed by atoms with Crippen LogP contribution in [0.4, 0.5) is 5.69 Å². The number of hydrogen-bond acceptors (Lipinski definition) is 6. The van der Waals surface area contributed by atoms with E-state index in [9.17, 15) is 9.59 Å². The molecule has 2 aromatic rings. The Morgan fingerprint density at radius 3 is 2.58 bits per heavy atom. The van der Waals surface area contributed by atoms with E-state index < -0.39 is 23.5 Å². The van der Waals surface area contributed by atoms with Gasteiger partial charge in [-0.1, -0.05) is 25.4 Å². The van der Waals surface area contributed by atoms with E-state index in [0.717, 1.165) is 0 Å². The predicted octanol–water partition coefficient (Wildman–Crippen LogP) is 2.92. The van der Waals surface area contributed by atoms with Gasteiger partial charge in [0.15, 0.2) is 6.19 Å². The lowest BCUT2D eigenvalue weighted by Gasteiger charge is -2.31. The first-order valence-corrected chi connectivity index (χ1v) is 9.66. The average Bonchev–Trinajstić information content (AvgIpc) is 2.74. The summed E-state index contributed by atoms with van der Waals surface area (Å²) in [7, 11) is 1.29. The fourth-order valence-corrected chi connectivity index (χ4v) is 2.73. The van der Waals surface area contributed by atoms with Crippen molar-refractivity contribution in [1.82, 2.24) is 15.6 Å². The molecule has 1 aromatic carbocycles. The second-order valence-electron chi connectivity index (χ2n) is 7.21. The highest BCUT2D eigenvalue weighted by Gasteiger charge is 2.34. The topological polar surface area (TPSA) is 128 Å². The maximum absolute atomic E-state index is 12.8. The maximum atomic E-state index is 12.8. The van der Waals surface area contributed by atoms with Crippen LogP contribution in [0.2, 0.25) is 5.02 Å². The summed E-state index contributed by atoms with van der Waals surface area (Å²) in [6.45, 7) is 3.52. The lowest BCUT2D eigenvalue weighted by atomic mass is 9.85. The van der Waals surface area contributed by atoms with Crippen LogP contribution in [-0.4, -0.2) is 36.1 Å². The molecule has 162 valence electrons. The molecule has 31 heavy (non-hydrogen) atoms. The largest absolute Gasteiger partial charge is 0.469 e. The van der Waals surface area contributed by atoms with Gasteiger partial charge in [-0.15, -0.1) is 0 Å². The molecular weight excluding hydrogens is 420 g/mol. The van der Waals surface area contributed by atoms with Crippen LogP contribution in [0, 0.1) is 16.9 Å². The molecule has 1 heterocycles. The number of pyridine rings is 1. The summed E-state index contributed by atoms with van der Waals surface area (Å²) in [6.07, 6.45) is 4.05. The van der Waals surface area contributed by atoms with Crippen LogP contribution in [0.5, 0.6) is 0 Å². The number of nitrogens with zero attached hydrogens (tertiary/aromatic N) is 3. The zero-order valence-electron chi connectivity index (χ0n) is 17.3. The molecule has 0 radical (unpaired) electrons. The number of guanidine groups is 1. The molecule has 0 saturated carbocycles. The number of methoxy groups -OCH3 is 1. The number of nitrogens with one attached hydrogen (secondary N) is 3. The molecule has 0 saturated heterocycles. The number of nitriles is 1. The minimum atomic E-state index is -0.894. The Bertz CT molecular complexity index is 971. The molecule has 0 bridgehead atoms. The second kappa shape index (κ2) is 10.9. The van der Waals surface area contributed by atoms with E-state index in [1.54, 1.807) is 68.8 Å². The van der Waals surface area contributed by atoms with Gasteiger partial charge in [0.2, 0.25) is 5.96 Å². The first-order chi connectivity index (χ1) is 14.7. The Balaban J connectivity index is 2.37. The summed E-state index contributed by atoms with van der Waals surface area (Å²) in [5.41, 5.74) is 0.0970. The Labute approximate surface area is 185 Å². The third-order valence-corrected chi connectivity index (χ3v) is 4.55. The average molecular weight is 443 g/mol. The summed E-state index contributed by atoms with van der Waals surface area (Å²) >= 11 is 5.89. The lowest BCUT2D eigenvalue weighted by Crippen LogP contribution is -2.47. The lowest BCUT2D eigenvalue weighted by molar-refractivity contribution is -0.143. The van der Waals surface area contributed by atoms with Crippen molar-refractivity contribution in [2.75, 3.05) is 12.4 Å². The van der Waals surface area contributed by atoms with Gasteiger partial charge in [0.1, 0.15) is 6.17 Å². The Hall–Kier alpha value is -3.64. The highest BCUT2D eigenvalue weighted by atomic mass is 35.5. The third kappa shape index (κ3) is 7.28. The minimum Gasteiger partial charge on any atom is -0.469 e. The zero-order chi connectivity index (χ0) is 22.9. The van der Waals surface area contributed by atoms with Crippen molar-refractivity contribution in [3.05, 3.63) is 59.4 Å². The zero-order valence-corrected chi connectivity index (χ0v) is 18.1. The van der Waals surface area contributed by atoms with Crippen LogP contribution in [0.15, 0.2) is 53.8 Å². The molecule has 0 aliphatic carbocycles. The Morgan fingerprint density at radius 1 is 1.29 bits per heavy atom. The molecule has 1 atom stereocenters. The molecule has 2 rings (SSSR count). The van der Waals surface area contributed by atoms with E-state index in [0.29, 0.717) is 16.3 Å². The summed E-state index contributed by atoms with van der Waals surface area (Å²) in [4.78, 5) is 33.2. The molecule has 3 N–H and O–H groups in total. The van der Waals surface area contributed by atoms with E-state index >= 15 is 0 Å². The molecule has 9 nitrogen and oxygen atoms in total. The van der Waals surface area contributed by atoms with Crippen LogP contribution in [0.25, 0.3) is 0 Å². The number of esters is 1. The summed E-state index contributed by atoms with van der Waals surface area (Å²) < 4.78 is 4.78. The van der Waals surface area contributed by atoms with Gasteiger partial charge in [0, 0.05) is 22.2 Å². The predicted molar refractivity (Wildman–Crippen MR) is 117 cm³/mol. The van der Waals surface area contributed by atoms with Gasteiger partial charge >= 0.3 is 5.97 Å². The number of aromatic nitrogens is 1. The number of benzene rings is 1. The number of carbonyl (C=O) groups excluding carboxylic acids is 2. The normalized spacial score (nSPS) is 12.3. The van der Waals surface area contributed by atoms with E-state index in [2.05, 4.69) is 25.9 Å². The van der Waals surface area contributed by atoms with Gasteiger partial charge in [-0.2, -0.15) is 5.26 Å². The van der Waals surface area contributed by atoms with Crippen LogP contribution in [0.3, 0.4) is 0 Å². The Kier molecular flexibility index (Phi) is 8.34. The third-order valence-electron chi connectivity index (χ3n) is 4.30. The van der Waals surface area contributed by atoms with Crippen molar-refractivity contribution in [2.45, 2.75) is 26.4 Å². The number of carbonyl (C=O) groups is 2. The molecule has 1 unspecified atom stereocenters. The summed E-state index contributed by atoms with van der Waals surface area (Å²) in [5.74, 6) is -0.795. The van der Waals surface area contributed by atoms with Crippen molar-refractivity contribution in [1.29, 1.82) is 5.26 Å². The number of hydrogen-bond donors (Lipinski definition) is 3. The first kappa shape index (κ1) is 23.6. The standard InChI is InChI=1S/C21H23ClN6O3/c1-21(2,11-17(29)31-3)19(27-18(30)14-6-8-15(22)9-7-14)28-20(25-13-23)26-16-5-4-10-24-12-16/h4-10,12,19H,11H2,1-3H3,(H,27,30)(H2,25,26,28). The first-order valence-electron chi connectivity index (χ1n) is 9.28. The highest BCUT2D eigenvalue weighted by Crippen LogP contribution is 2.27. The number of amides is 1. The number of ether oxygens (including phenoxy) is 1. The van der Waals surface area contributed by atoms with Crippen molar-refractivity contribution in [2.24, 2.45) is 10.4 Å². The van der Waals surface area contributed by atoms with Crippen molar-refractivity contribution < 1.29 is 14.3 Å². The minimum absolute atomic E-state index is 0.0225. The number of rotatable bonds is 7. The number of halogens is 1. The highest BCUT2D eigenvalue weighted by molar-refractivity contribution is 6.30. The summed E-state index contributed by atoms with van der Waals surface area (Å²) in [5, 5.41) is 17.8. The van der Waals surface area contributed by atoms with Gasteiger partial charge in [0.05, 0.1) is 25.4 Å². The van der Waals surface area contributed by atoms with Gasteiger partial charge < -0.3 is 15.4 Å². The van der Waals surface area contributed by atoms with Gasteiger partial charge in [0.25, 0.3) is 5.91 Å². The molecule has 10 heteroatoms. The summed E-state index contributed by atoms with van der Waals surface area (Å²) in [6, 6.07) is 9.81.